The van der Waals surface area contributed by atoms with E-state index in [4.69, 9.17) is 17.3 Å². The van der Waals surface area contributed by atoms with E-state index in [1.54, 1.807) is 0 Å². The summed E-state index contributed by atoms with van der Waals surface area (Å²) in [5.74, 6) is 0. The number of unbranched alkanes of at least 4 members (excludes halogenated alkanes) is 1. The maximum atomic E-state index is 6.29. The van der Waals surface area contributed by atoms with E-state index in [0.717, 1.165) is 49.4 Å². The summed E-state index contributed by atoms with van der Waals surface area (Å²) < 4.78 is 3.72. The van der Waals surface area contributed by atoms with Crippen LogP contribution in [0, 0.1) is 6.92 Å². The van der Waals surface area contributed by atoms with Crippen molar-refractivity contribution in [3.8, 4) is 0 Å². The Balaban J connectivity index is 2.07. The van der Waals surface area contributed by atoms with Gasteiger partial charge in [0.05, 0.1) is 28.6 Å². The van der Waals surface area contributed by atoms with Gasteiger partial charge in [-0.3, -0.25) is 4.68 Å². The van der Waals surface area contributed by atoms with E-state index in [1.807, 2.05) is 29.4 Å². The third kappa shape index (κ3) is 3.37. The highest BCUT2D eigenvalue weighted by molar-refractivity contribution is 6.31. The van der Waals surface area contributed by atoms with E-state index in [-0.39, 0.29) is 0 Å². The minimum absolute atomic E-state index is 0.595. The van der Waals surface area contributed by atoms with Crippen molar-refractivity contribution in [3.63, 3.8) is 0 Å². The SMILES string of the molecule is CCn1nc(C)c(Cl)c1Cn1cc(CCCCN)nn1. The Labute approximate surface area is 123 Å². The second-order valence-electron chi connectivity index (χ2n) is 4.82. The molecule has 0 bridgehead atoms. The molecule has 0 spiro atoms. The predicted octanol–water partition coefficient (Wildman–Crippen LogP) is 1.79. The monoisotopic (exact) mass is 296 g/mol. The van der Waals surface area contributed by atoms with Gasteiger partial charge < -0.3 is 5.73 Å². The Morgan fingerprint density at radius 2 is 2.15 bits per heavy atom. The Kier molecular flexibility index (Phi) is 5.14. The molecule has 2 heterocycles. The number of nitrogens with zero attached hydrogens (tertiary/aromatic N) is 5. The molecule has 0 fully saturated rings. The van der Waals surface area contributed by atoms with Gasteiger partial charge in [0.15, 0.2) is 0 Å². The molecule has 6 nitrogen and oxygen atoms in total. The number of rotatable bonds is 7. The van der Waals surface area contributed by atoms with Crippen LogP contribution in [0.1, 0.15) is 36.8 Å². The van der Waals surface area contributed by atoms with Crippen LogP contribution in [0.4, 0.5) is 0 Å². The first-order chi connectivity index (χ1) is 9.65. The van der Waals surface area contributed by atoms with Crippen LogP contribution in [0.5, 0.6) is 0 Å². The quantitative estimate of drug-likeness (QED) is 0.790. The molecule has 110 valence electrons. The number of halogens is 1. The van der Waals surface area contributed by atoms with E-state index in [9.17, 15) is 0 Å². The summed E-state index contributed by atoms with van der Waals surface area (Å²) in [6.07, 6.45) is 4.94. The van der Waals surface area contributed by atoms with Crippen LogP contribution in [-0.2, 0) is 19.5 Å². The summed E-state index contributed by atoms with van der Waals surface area (Å²) in [5, 5.41) is 13.4. The summed E-state index contributed by atoms with van der Waals surface area (Å²) in [6.45, 7) is 6.07. The van der Waals surface area contributed by atoms with E-state index < -0.39 is 0 Å². The first-order valence-corrected chi connectivity index (χ1v) is 7.34. The van der Waals surface area contributed by atoms with Gasteiger partial charge in [0, 0.05) is 12.7 Å². The molecule has 7 heteroatoms. The molecule has 2 rings (SSSR count). The molecule has 0 unspecified atom stereocenters. The minimum atomic E-state index is 0.595. The summed E-state index contributed by atoms with van der Waals surface area (Å²) in [5.41, 5.74) is 8.31. The molecule has 0 aliphatic carbocycles. The van der Waals surface area contributed by atoms with E-state index in [2.05, 4.69) is 15.4 Å². The third-order valence-electron chi connectivity index (χ3n) is 3.24. The Hall–Kier alpha value is -1.40. The highest BCUT2D eigenvalue weighted by Crippen LogP contribution is 2.21. The number of nitrogens with two attached hydrogens (primary N) is 1. The lowest BCUT2D eigenvalue weighted by molar-refractivity contribution is 0.565. The van der Waals surface area contributed by atoms with Crippen molar-refractivity contribution in [2.24, 2.45) is 5.73 Å². The molecule has 0 atom stereocenters. The Bertz CT molecular complexity index is 559. The van der Waals surface area contributed by atoms with Gasteiger partial charge in [-0.15, -0.1) is 5.10 Å². The highest BCUT2D eigenvalue weighted by atomic mass is 35.5. The summed E-state index contributed by atoms with van der Waals surface area (Å²) >= 11 is 6.29. The van der Waals surface area contributed by atoms with Gasteiger partial charge in [-0.2, -0.15) is 5.10 Å². The second kappa shape index (κ2) is 6.85. The Morgan fingerprint density at radius 1 is 1.35 bits per heavy atom. The van der Waals surface area contributed by atoms with Crippen molar-refractivity contribution < 1.29 is 0 Å². The molecule has 20 heavy (non-hydrogen) atoms. The maximum Gasteiger partial charge on any atom is 0.0866 e. The lowest BCUT2D eigenvalue weighted by atomic mass is 10.2. The zero-order valence-electron chi connectivity index (χ0n) is 12.0. The van der Waals surface area contributed by atoms with Gasteiger partial charge in [0.25, 0.3) is 0 Å². The molecule has 0 saturated carbocycles. The van der Waals surface area contributed by atoms with Crippen LogP contribution in [-0.4, -0.2) is 31.3 Å². The van der Waals surface area contributed by atoms with Crippen molar-refractivity contribution in [2.75, 3.05) is 6.54 Å². The average Bonchev–Trinajstić information content (AvgIpc) is 2.99. The molecule has 0 radical (unpaired) electrons. The zero-order valence-corrected chi connectivity index (χ0v) is 12.8. The number of hydrogen-bond acceptors (Lipinski definition) is 4. The van der Waals surface area contributed by atoms with Crippen molar-refractivity contribution in [1.29, 1.82) is 0 Å². The molecule has 0 aliphatic heterocycles. The van der Waals surface area contributed by atoms with Crippen LogP contribution in [0.15, 0.2) is 6.20 Å². The van der Waals surface area contributed by atoms with Crippen molar-refractivity contribution >= 4 is 11.6 Å². The Morgan fingerprint density at radius 3 is 2.85 bits per heavy atom. The average molecular weight is 297 g/mol. The van der Waals surface area contributed by atoms with Gasteiger partial charge >= 0.3 is 0 Å². The maximum absolute atomic E-state index is 6.29. The smallest absolute Gasteiger partial charge is 0.0866 e. The molecular formula is C13H21ClN6. The first kappa shape index (κ1) is 15.0. The fourth-order valence-corrected chi connectivity index (χ4v) is 2.35. The van der Waals surface area contributed by atoms with Gasteiger partial charge in [0.1, 0.15) is 0 Å². The minimum Gasteiger partial charge on any atom is -0.330 e. The lowest BCUT2D eigenvalue weighted by Crippen LogP contribution is -2.08. The molecule has 0 amide bonds. The highest BCUT2D eigenvalue weighted by Gasteiger charge is 2.13. The third-order valence-corrected chi connectivity index (χ3v) is 3.73. The van der Waals surface area contributed by atoms with E-state index >= 15 is 0 Å². The van der Waals surface area contributed by atoms with Crippen LogP contribution in [0.25, 0.3) is 0 Å². The van der Waals surface area contributed by atoms with E-state index in [1.165, 1.54) is 0 Å². The van der Waals surface area contributed by atoms with Crippen molar-refractivity contribution in [1.82, 2.24) is 24.8 Å². The summed E-state index contributed by atoms with van der Waals surface area (Å²) in [6, 6.07) is 0. The van der Waals surface area contributed by atoms with Gasteiger partial charge in [-0.1, -0.05) is 16.8 Å². The summed E-state index contributed by atoms with van der Waals surface area (Å²) in [7, 11) is 0. The molecule has 2 aromatic heterocycles. The fourth-order valence-electron chi connectivity index (χ4n) is 2.15. The molecule has 2 N–H and O–H groups in total. The van der Waals surface area contributed by atoms with Crippen LogP contribution >= 0.6 is 11.6 Å². The summed E-state index contributed by atoms with van der Waals surface area (Å²) in [4.78, 5) is 0. The number of hydrogen-bond donors (Lipinski definition) is 1. The molecular weight excluding hydrogens is 276 g/mol. The standard InChI is InChI=1S/C13H21ClN6/c1-3-20-12(13(14)10(2)17-20)9-19-8-11(16-18-19)6-4-5-7-15/h8H,3-7,9,15H2,1-2H3. The van der Waals surface area contributed by atoms with E-state index in [0.29, 0.717) is 11.6 Å². The molecule has 0 aliphatic rings. The largest absolute Gasteiger partial charge is 0.330 e. The zero-order chi connectivity index (χ0) is 14.5. The lowest BCUT2D eigenvalue weighted by Gasteiger charge is -2.04. The van der Waals surface area contributed by atoms with Crippen LogP contribution in [0.3, 0.4) is 0 Å². The number of aromatic nitrogens is 5. The topological polar surface area (TPSA) is 74.5 Å². The van der Waals surface area contributed by atoms with Crippen LogP contribution < -0.4 is 5.73 Å². The fraction of sp³-hybridized carbons (Fsp3) is 0.615. The second-order valence-corrected chi connectivity index (χ2v) is 5.19. The molecule has 0 saturated heterocycles. The van der Waals surface area contributed by atoms with Gasteiger partial charge in [-0.05, 0) is 39.7 Å². The predicted molar refractivity (Wildman–Crippen MR) is 78.8 cm³/mol. The van der Waals surface area contributed by atoms with Gasteiger partial charge in [0.2, 0.25) is 0 Å². The molecule has 2 aromatic rings. The number of aryl methyl sites for hydroxylation is 3. The molecule has 0 aromatic carbocycles. The normalized spacial score (nSPS) is 11.2. The van der Waals surface area contributed by atoms with Crippen molar-refractivity contribution in [3.05, 3.63) is 28.3 Å². The first-order valence-electron chi connectivity index (χ1n) is 6.96. The van der Waals surface area contributed by atoms with Crippen molar-refractivity contribution in [2.45, 2.75) is 46.2 Å². The van der Waals surface area contributed by atoms with Gasteiger partial charge in [-0.25, -0.2) is 4.68 Å². The van der Waals surface area contributed by atoms with Crippen LogP contribution in [0.2, 0.25) is 5.02 Å².